The first-order valence-corrected chi connectivity index (χ1v) is 11.4. The summed E-state index contributed by atoms with van der Waals surface area (Å²) >= 11 is 0. The summed E-state index contributed by atoms with van der Waals surface area (Å²) in [6, 6.07) is 10.8. The highest BCUT2D eigenvalue weighted by molar-refractivity contribution is 7.86. The van der Waals surface area contributed by atoms with Crippen LogP contribution in [0.25, 0.3) is 11.1 Å². The minimum atomic E-state index is -3.84. The van der Waals surface area contributed by atoms with E-state index in [1.807, 2.05) is 0 Å². The number of likely N-dealkylation sites (N-methyl/N-ethyl adjacent to an activating group) is 1. The minimum Gasteiger partial charge on any atom is -0.383 e. The van der Waals surface area contributed by atoms with Gasteiger partial charge in [-0.05, 0) is 41.5 Å². The fraction of sp³-hybridized carbons (Fsp3) is 0.136. The van der Waals surface area contributed by atoms with Crippen LogP contribution in [0, 0.1) is 11.6 Å². The van der Waals surface area contributed by atoms with Crippen LogP contribution in [0.2, 0.25) is 0 Å². The molecule has 0 aliphatic carbocycles. The van der Waals surface area contributed by atoms with Gasteiger partial charge in [-0.3, -0.25) is 14.7 Å². The highest BCUT2D eigenvalue weighted by Crippen LogP contribution is 2.42. The van der Waals surface area contributed by atoms with Crippen LogP contribution in [0.15, 0.2) is 65.9 Å². The molecular formula is C22H18F2N4O4S. The number of guanidine groups is 1. The first-order valence-electron chi connectivity index (χ1n) is 9.56. The van der Waals surface area contributed by atoms with Crippen molar-refractivity contribution in [3.8, 4) is 16.9 Å². The van der Waals surface area contributed by atoms with Crippen LogP contribution in [0.1, 0.15) is 11.1 Å². The van der Waals surface area contributed by atoms with Gasteiger partial charge in [-0.25, -0.2) is 13.8 Å². The highest BCUT2D eigenvalue weighted by atomic mass is 32.2. The first-order chi connectivity index (χ1) is 15.5. The van der Waals surface area contributed by atoms with Crippen LogP contribution in [0.5, 0.6) is 5.75 Å². The van der Waals surface area contributed by atoms with Gasteiger partial charge < -0.3 is 9.92 Å². The van der Waals surface area contributed by atoms with E-state index in [2.05, 4.69) is 9.98 Å². The van der Waals surface area contributed by atoms with E-state index in [0.717, 1.165) is 29.5 Å². The standard InChI is InChI=1S/C22H18F2N4O4S/c1-28-20(29)22(27-21(28)25,14-4-3-5-17(9-14)32-33(2,30)31)15-6-7-19(24)18(10-15)13-8-16(23)12-26-11-13/h3-12H,1-2H3,(H2,25,27). The Hall–Kier alpha value is -3.86. The average Bonchev–Trinajstić information content (AvgIpc) is 2.98. The molecule has 1 aromatic heterocycles. The van der Waals surface area contributed by atoms with Crippen LogP contribution in [-0.4, -0.2) is 43.5 Å². The number of aliphatic imine (C=N–C) groups is 1. The number of nitrogens with zero attached hydrogens (tertiary/aromatic N) is 3. The highest BCUT2D eigenvalue weighted by Gasteiger charge is 2.50. The van der Waals surface area contributed by atoms with Gasteiger partial charge in [0.1, 0.15) is 17.4 Å². The fourth-order valence-corrected chi connectivity index (χ4v) is 4.12. The van der Waals surface area contributed by atoms with Crippen molar-refractivity contribution in [1.82, 2.24) is 9.88 Å². The van der Waals surface area contributed by atoms with Gasteiger partial charge in [0.05, 0.1) is 12.5 Å². The van der Waals surface area contributed by atoms with Crippen LogP contribution >= 0.6 is 0 Å². The molecule has 2 N–H and O–H groups in total. The van der Waals surface area contributed by atoms with Crippen molar-refractivity contribution in [1.29, 1.82) is 0 Å². The van der Waals surface area contributed by atoms with E-state index in [-0.39, 0.29) is 34.0 Å². The van der Waals surface area contributed by atoms with Crippen LogP contribution < -0.4 is 9.92 Å². The number of hydrogen-bond donors (Lipinski definition) is 1. The van der Waals surface area contributed by atoms with Gasteiger partial charge in [0.2, 0.25) is 0 Å². The molecule has 1 amide bonds. The van der Waals surface area contributed by atoms with Gasteiger partial charge in [0, 0.05) is 24.4 Å². The summed E-state index contributed by atoms with van der Waals surface area (Å²) in [6.07, 6.45) is 3.17. The number of carbonyl (C=O) groups is 1. The second kappa shape index (κ2) is 7.93. The molecule has 0 saturated carbocycles. The molecule has 0 radical (unpaired) electrons. The van der Waals surface area contributed by atoms with Crippen molar-refractivity contribution in [2.45, 2.75) is 5.54 Å². The molecule has 1 atom stereocenters. The smallest absolute Gasteiger partial charge is 0.306 e. The number of hydrogen-bond acceptors (Lipinski definition) is 7. The second-order valence-corrected chi connectivity index (χ2v) is 9.02. The predicted molar refractivity (Wildman–Crippen MR) is 117 cm³/mol. The fourth-order valence-electron chi connectivity index (χ4n) is 3.66. The molecule has 11 heteroatoms. The summed E-state index contributed by atoms with van der Waals surface area (Å²) < 4.78 is 56.6. The normalized spacial score (nSPS) is 18.4. The van der Waals surface area contributed by atoms with E-state index >= 15 is 0 Å². The quantitative estimate of drug-likeness (QED) is 0.571. The van der Waals surface area contributed by atoms with Crippen molar-refractivity contribution in [3.05, 3.63) is 83.7 Å². The molecule has 3 aromatic rings. The van der Waals surface area contributed by atoms with E-state index in [9.17, 15) is 22.0 Å². The van der Waals surface area contributed by atoms with Crippen LogP contribution in [-0.2, 0) is 20.5 Å². The van der Waals surface area contributed by atoms with Gasteiger partial charge in [-0.1, -0.05) is 18.2 Å². The largest absolute Gasteiger partial charge is 0.383 e. The Balaban J connectivity index is 1.95. The number of nitrogens with two attached hydrogens (primary N) is 1. The molecule has 1 aliphatic rings. The Labute approximate surface area is 188 Å². The van der Waals surface area contributed by atoms with E-state index in [0.29, 0.717) is 0 Å². The average molecular weight is 472 g/mol. The van der Waals surface area contributed by atoms with E-state index in [1.165, 1.54) is 43.6 Å². The summed E-state index contributed by atoms with van der Waals surface area (Å²) in [4.78, 5) is 22.7. The summed E-state index contributed by atoms with van der Waals surface area (Å²) in [6.45, 7) is 0. The predicted octanol–water partition coefficient (Wildman–Crippen LogP) is 2.40. The lowest BCUT2D eigenvalue weighted by Crippen LogP contribution is -2.41. The Morgan fingerprint density at radius 2 is 1.79 bits per heavy atom. The topological polar surface area (TPSA) is 115 Å². The van der Waals surface area contributed by atoms with Crippen molar-refractivity contribution in [3.63, 3.8) is 0 Å². The summed E-state index contributed by atoms with van der Waals surface area (Å²) in [5.41, 5.74) is 4.84. The molecule has 1 aliphatic heterocycles. The third-order valence-electron chi connectivity index (χ3n) is 5.14. The summed E-state index contributed by atoms with van der Waals surface area (Å²) in [5, 5.41) is 0. The van der Waals surface area contributed by atoms with Crippen LogP contribution in [0.4, 0.5) is 8.78 Å². The maximum absolute atomic E-state index is 14.7. The number of carbonyl (C=O) groups excluding carboxylic acids is 1. The number of benzene rings is 2. The molecule has 2 heterocycles. The van der Waals surface area contributed by atoms with Gasteiger partial charge in [-0.2, -0.15) is 8.42 Å². The molecule has 1 unspecified atom stereocenters. The number of rotatable bonds is 5. The maximum atomic E-state index is 14.7. The van der Waals surface area contributed by atoms with Gasteiger partial charge in [0.25, 0.3) is 5.91 Å². The lowest BCUT2D eigenvalue weighted by Gasteiger charge is -2.27. The zero-order valence-electron chi connectivity index (χ0n) is 17.5. The molecular weight excluding hydrogens is 454 g/mol. The van der Waals surface area contributed by atoms with E-state index in [1.54, 1.807) is 6.07 Å². The molecule has 33 heavy (non-hydrogen) atoms. The Morgan fingerprint density at radius 1 is 1.06 bits per heavy atom. The molecule has 0 spiro atoms. The lowest BCUT2D eigenvalue weighted by atomic mass is 9.81. The number of pyridine rings is 1. The van der Waals surface area contributed by atoms with Gasteiger partial charge >= 0.3 is 10.1 Å². The number of aromatic nitrogens is 1. The molecule has 170 valence electrons. The summed E-state index contributed by atoms with van der Waals surface area (Å²) in [7, 11) is -2.41. The minimum absolute atomic E-state index is 0.00135. The van der Waals surface area contributed by atoms with E-state index in [4.69, 9.17) is 9.92 Å². The molecule has 0 fully saturated rings. The monoisotopic (exact) mass is 472 g/mol. The molecule has 4 rings (SSSR count). The molecule has 8 nitrogen and oxygen atoms in total. The van der Waals surface area contributed by atoms with Crippen molar-refractivity contribution in [2.75, 3.05) is 13.3 Å². The maximum Gasteiger partial charge on any atom is 0.306 e. The second-order valence-electron chi connectivity index (χ2n) is 7.45. The molecule has 0 bridgehead atoms. The van der Waals surface area contributed by atoms with Crippen molar-refractivity contribution in [2.24, 2.45) is 10.7 Å². The molecule has 0 saturated heterocycles. The zero-order chi connectivity index (χ0) is 24.0. The lowest BCUT2D eigenvalue weighted by molar-refractivity contribution is -0.129. The Kier molecular flexibility index (Phi) is 5.36. The first kappa shape index (κ1) is 22.3. The third-order valence-corrected chi connectivity index (χ3v) is 5.63. The Morgan fingerprint density at radius 3 is 2.42 bits per heavy atom. The van der Waals surface area contributed by atoms with Gasteiger partial charge in [0.15, 0.2) is 11.5 Å². The molecule has 2 aromatic carbocycles. The van der Waals surface area contributed by atoms with Gasteiger partial charge in [-0.15, -0.1) is 0 Å². The number of halogens is 2. The van der Waals surface area contributed by atoms with Crippen LogP contribution in [0.3, 0.4) is 0 Å². The third kappa shape index (κ3) is 4.02. The number of amides is 1. The zero-order valence-corrected chi connectivity index (χ0v) is 18.3. The summed E-state index contributed by atoms with van der Waals surface area (Å²) in [5.74, 6) is -2.00. The SMILES string of the molecule is CN1C(=O)C(c2cccc(OS(C)(=O)=O)c2)(c2ccc(F)c(-c3cncc(F)c3)c2)N=C1N. The van der Waals surface area contributed by atoms with Crippen molar-refractivity contribution < 1.29 is 26.2 Å². The van der Waals surface area contributed by atoms with Crippen molar-refractivity contribution >= 4 is 22.0 Å². The Bertz CT molecular complexity index is 1410. The van der Waals surface area contributed by atoms with E-state index < -0.39 is 33.2 Å².